The third-order valence-corrected chi connectivity index (χ3v) is 3.82. The second kappa shape index (κ2) is 9.29. The molecule has 0 bridgehead atoms. The van der Waals surface area contributed by atoms with Gasteiger partial charge in [0.15, 0.2) is 0 Å². The van der Waals surface area contributed by atoms with Gasteiger partial charge in [0.25, 0.3) is 0 Å². The Morgan fingerprint density at radius 2 is 1.64 bits per heavy atom. The molecule has 1 aliphatic heterocycles. The van der Waals surface area contributed by atoms with Gasteiger partial charge in [-0.15, -0.1) is 0 Å². The number of hydrogen-bond acceptors (Lipinski definition) is 3. The summed E-state index contributed by atoms with van der Waals surface area (Å²) in [5.41, 5.74) is 5.38. The van der Waals surface area contributed by atoms with E-state index in [9.17, 15) is 22.4 Å². The summed E-state index contributed by atoms with van der Waals surface area (Å²) in [6.07, 6.45) is 0.482. The summed E-state index contributed by atoms with van der Waals surface area (Å²) in [5, 5.41) is 0. The number of carbonyl (C=O) groups excluding carboxylic acids is 1. The van der Waals surface area contributed by atoms with Crippen LogP contribution in [0.3, 0.4) is 0 Å². The summed E-state index contributed by atoms with van der Waals surface area (Å²) in [7, 11) is 0. The number of amides is 1. The molecule has 1 aliphatic rings. The number of unbranched alkanes of at least 4 members (excludes halogenated alkanes) is 3. The molecule has 0 aromatic heterocycles. The predicted octanol–water partition coefficient (Wildman–Crippen LogP) is 1.94. The van der Waals surface area contributed by atoms with E-state index in [4.69, 9.17) is 5.73 Å². The minimum absolute atomic E-state index is 0.00742. The second-order valence-corrected chi connectivity index (χ2v) is 5.67. The Morgan fingerprint density at radius 3 is 2.18 bits per heavy atom. The smallest absolute Gasteiger partial charge is 0.319 e. The number of rotatable bonds is 9. The van der Waals surface area contributed by atoms with Crippen molar-refractivity contribution in [2.24, 2.45) is 5.73 Å². The molecule has 0 saturated carbocycles. The van der Waals surface area contributed by atoms with Crippen LogP contribution < -0.4 is 5.73 Å². The number of nitrogens with zero attached hydrogens (tertiary/aromatic N) is 2. The first-order chi connectivity index (χ1) is 10.4. The lowest BCUT2D eigenvalue weighted by atomic mass is 10.1. The minimum Gasteiger partial charge on any atom is -0.340 e. The molecule has 0 unspecified atom stereocenters. The van der Waals surface area contributed by atoms with Crippen molar-refractivity contribution in [2.75, 3.05) is 39.3 Å². The highest BCUT2D eigenvalue weighted by Crippen LogP contribution is 2.24. The summed E-state index contributed by atoms with van der Waals surface area (Å²) in [4.78, 5) is 14.9. The molecule has 1 amide bonds. The summed E-state index contributed by atoms with van der Waals surface area (Å²) in [6.45, 7) is 0.759. The first-order valence-corrected chi connectivity index (χ1v) is 7.73. The van der Waals surface area contributed by atoms with E-state index in [0.717, 1.165) is 25.7 Å². The van der Waals surface area contributed by atoms with E-state index < -0.39 is 18.9 Å². The third-order valence-electron chi connectivity index (χ3n) is 3.82. The molecule has 0 aliphatic carbocycles. The highest BCUT2D eigenvalue weighted by Gasteiger charge is 2.42. The standard InChI is InChI=1S/C14H25F4N3O/c15-13(16)14(17,18)11-20-7-9-21(10-8-20)12(22)5-3-1-2-4-6-19/h13H,1-11,19H2. The minimum atomic E-state index is -3.99. The summed E-state index contributed by atoms with van der Waals surface area (Å²) >= 11 is 0. The zero-order valence-corrected chi connectivity index (χ0v) is 12.7. The Labute approximate surface area is 128 Å². The molecule has 1 heterocycles. The molecule has 8 heteroatoms. The average molecular weight is 327 g/mol. The van der Waals surface area contributed by atoms with Crippen LogP contribution in [0.25, 0.3) is 0 Å². The van der Waals surface area contributed by atoms with Crippen molar-refractivity contribution < 1.29 is 22.4 Å². The first-order valence-electron chi connectivity index (χ1n) is 7.73. The topological polar surface area (TPSA) is 49.6 Å². The fourth-order valence-electron chi connectivity index (χ4n) is 2.45. The SMILES string of the molecule is NCCCCCCC(=O)N1CCN(CC(F)(F)C(F)F)CC1. The summed E-state index contributed by atoms with van der Waals surface area (Å²) < 4.78 is 50.3. The highest BCUT2D eigenvalue weighted by molar-refractivity contribution is 5.76. The van der Waals surface area contributed by atoms with Crippen LogP contribution >= 0.6 is 0 Å². The van der Waals surface area contributed by atoms with Crippen molar-refractivity contribution in [3.63, 3.8) is 0 Å². The maximum Gasteiger partial charge on any atom is 0.319 e. The van der Waals surface area contributed by atoms with Gasteiger partial charge in [-0.3, -0.25) is 9.69 Å². The largest absolute Gasteiger partial charge is 0.340 e. The number of carbonyl (C=O) groups is 1. The van der Waals surface area contributed by atoms with Gasteiger partial charge in [-0.25, -0.2) is 8.78 Å². The number of halogens is 4. The Morgan fingerprint density at radius 1 is 1.05 bits per heavy atom. The zero-order valence-electron chi connectivity index (χ0n) is 12.7. The summed E-state index contributed by atoms with van der Waals surface area (Å²) in [5.74, 6) is -3.98. The van der Waals surface area contributed by atoms with Crippen LogP contribution in [0, 0.1) is 0 Å². The molecule has 2 N–H and O–H groups in total. The number of alkyl halides is 4. The molecule has 0 atom stereocenters. The Hall–Kier alpha value is -0.890. The van der Waals surface area contributed by atoms with Gasteiger partial charge in [0, 0.05) is 32.6 Å². The number of hydrogen-bond donors (Lipinski definition) is 1. The number of piperazine rings is 1. The van der Waals surface area contributed by atoms with Crippen molar-refractivity contribution in [2.45, 2.75) is 44.5 Å². The zero-order chi connectivity index (χ0) is 16.6. The van der Waals surface area contributed by atoms with Crippen LogP contribution in [0.4, 0.5) is 17.6 Å². The molecule has 0 radical (unpaired) electrons. The van der Waals surface area contributed by atoms with E-state index in [-0.39, 0.29) is 19.0 Å². The van der Waals surface area contributed by atoms with Gasteiger partial charge in [0.1, 0.15) is 0 Å². The van der Waals surface area contributed by atoms with Gasteiger partial charge < -0.3 is 10.6 Å². The molecule has 0 spiro atoms. The lowest BCUT2D eigenvalue weighted by Gasteiger charge is -2.36. The van der Waals surface area contributed by atoms with E-state index in [1.807, 2.05) is 0 Å². The van der Waals surface area contributed by atoms with Crippen molar-refractivity contribution in [1.29, 1.82) is 0 Å². The molecular weight excluding hydrogens is 302 g/mol. The van der Waals surface area contributed by atoms with Crippen LogP contribution in [0.15, 0.2) is 0 Å². The van der Waals surface area contributed by atoms with Crippen molar-refractivity contribution in [3.8, 4) is 0 Å². The quantitative estimate of drug-likeness (QED) is 0.520. The van der Waals surface area contributed by atoms with Crippen LogP contribution in [-0.4, -0.2) is 67.3 Å². The van der Waals surface area contributed by atoms with E-state index in [1.54, 1.807) is 4.90 Å². The van der Waals surface area contributed by atoms with Crippen LogP contribution in [0.1, 0.15) is 32.1 Å². The number of nitrogens with two attached hydrogens (primary N) is 1. The molecule has 130 valence electrons. The molecule has 22 heavy (non-hydrogen) atoms. The fourth-order valence-corrected chi connectivity index (χ4v) is 2.45. The maximum absolute atomic E-state index is 13.0. The van der Waals surface area contributed by atoms with Gasteiger partial charge in [-0.2, -0.15) is 8.78 Å². The second-order valence-electron chi connectivity index (χ2n) is 5.67. The lowest BCUT2D eigenvalue weighted by molar-refractivity contribution is -0.148. The lowest BCUT2D eigenvalue weighted by Crippen LogP contribution is -2.52. The van der Waals surface area contributed by atoms with Crippen LogP contribution in [0.5, 0.6) is 0 Å². The monoisotopic (exact) mass is 327 g/mol. The van der Waals surface area contributed by atoms with Crippen molar-refractivity contribution in [1.82, 2.24) is 9.80 Å². The van der Waals surface area contributed by atoms with Gasteiger partial charge in [-0.1, -0.05) is 12.8 Å². The van der Waals surface area contributed by atoms with Gasteiger partial charge in [0.05, 0.1) is 6.54 Å². The molecule has 1 fully saturated rings. The maximum atomic E-state index is 13.0. The van der Waals surface area contributed by atoms with E-state index in [2.05, 4.69) is 0 Å². The van der Waals surface area contributed by atoms with Crippen molar-refractivity contribution >= 4 is 5.91 Å². The highest BCUT2D eigenvalue weighted by atomic mass is 19.3. The van der Waals surface area contributed by atoms with E-state index in [0.29, 0.717) is 26.1 Å². The molecule has 4 nitrogen and oxygen atoms in total. The first kappa shape index (κ1) is 19.2. The molecule has 0 aromatic rings. The molecular formula is C14H25F4N3O. The van der Waals surface area contributed by atoms with Gasteiger partial charge in [0.2, 0.25) is 5.91 Å². The van der Waals surface area contributed by atoms with Crippen LogP contribution in [0.2, 0.25) is 0 Å². The van der Waals surface area contributed by atoms with E-state index >= 15 is 0 Å². The van der Waals surface area contributed by atoms with Gasteiger partial charge >= 0.3 is 12.3 Å². The Kier molecular flexibility index (Phi) is 8.09. The average Bonchev–Trinajstić information content (AvgIpc) is 2.47. The fraction of sp³-hybridized carbons (Fsp3) is 0.929. The third kappa shape index (κ3) is 6.48. The Balaban J connectivity index is 2.23. The Bertz CT molecular complexity index is 334. The molecule has 0 aromatic carbocycles. The van der Waals surface area contributed by atoms with Crippen molar-refractivity contribution in [3.05, 3.63) is 0 Å². The van der Waals surface area contributed by atoms with E-state index in [1.165, 1.54) is 4.90 Å². The van der Waals surface area contributed by atoms with Gasteiger partial charge in [-0.05, 0) is 19.4 Å². The van der Waals surface area contributed by atoms with Crippen LogP contribution in [-0.2, 0) is 4.79 Å². The molecule has 1 saturated heterocycles. The molecule has 1 rings (SSSR count). The predicted molar refractivity (Wildman–Crippen MR) is 76.1 cm³/mol. The normalized spacial score (nSPS) is 17.3. The summed E-state index contributed by atoms with van der Waals surface area (Å²) in [6, 6.07) is 0.